The molecule has 0 bridgehead atoms. The highest BCUT2D eigenvalue weighted by atomic mass is 32.2. The van der Waals surface area contributed by atoms with Crippen LogP contribution < -0.4 is 4.80 Å². The zero-order valence-corrected chi connectivity index (χ0v) is 22.2. The largest absolute Gasteiger partial charge is 0.462 e. The van der Waals surface area contributed by atoms with Crippen molar-refractivity contribution in [2.75, 3.05) is 33.4 Å². The molecule has 0 aliphatic carbocycles. The Kier molecular flexibility index (Phi) is 8.53. The Morgan fingerprint density at radius 1 is 1.14 bits per heavy atom. The van der Waals surface area contributed by atoms with Crippen molar-refractivity contribution in [1.29, 1.82) is 0 Å². The van der Waals surface area contributed by atoms with Gasteiger partial charge >= 0.3 is 5.97 Å². The summed E-state index contributed by atoms with van der Waals surface area (Å²) in [5, 5.41) is 0. The molecular formula is C25H28FN3O6S2. The lowest BCUT2D eigenvalue weighted by Crippen LogP contribution is -2.40. The van der Waals surface area contributed by atoms with E-state index in [0.717, 1.165) is 22.3 Å². The first kappa shape index (κ1) is 27.1. The predicted molar refractivity (Wildman–Crippen MR) is 136 cm³/mol. The third kappa shape index (κ3) is 5.98. The maximum absolute atomic E-state index is 13.2. The van der Waals surface area contributed by atoms with Gasteiger partial charge in [0, 0.05) is 32.7 Å². The monoisotopic (exact) mass is 549 g/mol. The standard InChI is InChI=1S/C25H28FN3O6S2/c1-3-35-24(31)18-4-9-21-22(16-18)36-25(29(21)14-15-34-2)27-23(30)17-10-12-28(13-11-17)37(32,33)20-7-5-19(26)6-8-20/h4-9,16-17H,3,10-15H2,1-2H3. The third-order valence-electron chi connectivity index (χ3n) is 6.17. The van der Waals surface area contributed by atoms with Crippen LogP contribution in [0, 0.1) is 11.7 Å². The highest BCUT2D eigenvalue weighted by Gasteiger charge is 2.32. The molecule has 1 aromatic heterocycles. The number of aromatic nitrogens is 1. The number of sulfonamides is 1. The number of thiazole rings is 1. The van der Waals surface area contributed by atoms with Crippen LogP contribution in [0.4, 0.5) is 4.39 Å². The number of hydrogen-bond donors (Lipinski definition) is 0. The summed E-state index contributed by atoms with van der Waals surface area (Å²) in [5.74, 6) is -1.66. The molecule has 12 heteroatoms. The van der Waals surface area contributed by atoms with Crippen LogP contribution in [0.25, 0.3) is 10.2 Å². The molecule has 3 aromatic rings. The molecule has 0 spiro atoms. The van der Waals surface area contributed by atoms with E-state index in [2.05, 4.69) is 4.99 Å². The number of hydrogen-bond acceptors (Lipinski definition) is 7. The molecule has 1 amide bonds. The first-order valence-electron chi connectivity index (χ1n) is 11.9. The first-order valence-corrected chi connectivity index (χ1v) is 14.1. The van der Waals surface area contributed by atoms with Gasteiger partial charge in [0.1, 0.15) is 5.82 Å². The summed E-state index contributed by atoms with van der Waals surface area (Å²) in [6.07, 6.45) is 0.664. The van der Waals surface area contributed by atoms with Crippen molar-refractivity contribution in [3.05, 3.63) is 58.6 Å². The Morgan fingerprint density at radius 3 is 2.49 bits per heavy atom. The molecular weight excluding hydrogens is 521 g/mol. The average Bonchev–Trinajstić information content (AvgIpc) is 3.23. The normalized spacial score (nSPS) is 15.8. The van der Waals surface area contributed by atoms with E-state index in [9.17, 15) is 22.4 Å². The number of rotatable bonds is 8. The number of ether oxygens (including phenoxy) is 2. The number of amides is 1. The number of piperidine rings is 1. The van der Waals surface area contributed by atoms with Crippen molar-refractivity contribution in [2.24, 2.45) is 10.9 Å². The van der Waals surface area contributed by atoms with Gasteiger partial charge in [0.25, 0.3) is 5.91 Å². The number of methoxy groups -OCH3 is 1. The summed E-state index contributed by atoms with van der Waals surface area (Å²) in [6, 6.07) is 9.91. The van der Waals surface area contributed by atoms with Gasteiger partial charge in [-0.3, -0.25) is 4.79 Å². The molecule has 0 atom stereocenters. The van der Waals surface area contributed by atoms with Gasteiger partial charge in [-0.05, 0) is 62.2 Å². The molecule has 1 aliphatic rings. The molecule has 2 heterocycles. The highest BCUT2D eigenvalue weighted by molar-refractivity contribution is 7.89. The van der Waals surface area contributed by atoms with Crippen LogP contribution in [-0.4, -0.2) is 62.6 Å². The van der Waals surface area contributed by atoms with Gasteiger partial charge in [0.15, 0.2) is 4.80 Å². The topological polar surface area (TPSA) is 107 Å². The summed E-state index contributed by atoms with van der Waals surface area (Å²) < 4.78 is 53.2. The molecule has 0 unspecified atom stereocenters. The van der Waals surface area contributed by atoms with Crippen molar-refractivity contribution in [3.8, 4) is 0 Å². The lowest BCUT2D eigenvalue weighted by molar-refractivity contribution is -0.122. The van der Waals surface area contributed by atoms with Crippen molar-refractivity contribution in [2.45, 2.75) is 31.2 Å². The number of benzene rings is 2. The van der Waals surface area contributed by atoms with Crippen LogP contribution in [-0.2, 0) is 30.8 Å². The minimum atomic E-state index is -3.77. The number of halogens is 1. The summed E-state index contributed by atoms with van der Waals surface area (Å²) >= 11 is 1.29. The second kappa shape index (κ2) is 11.6. The average molecular weight is 550 g/mol. The number of carbonyl (C=O) groups excluding carboxylic acids is 2. The quantitative estimate of drug-likeness (QED) is 0.400. The van der Waals surface area contributed by atoms with Crippen LogP contribution in [0.3, 0.4) is 0 Å². The van der Waals surface area contributed by atoms with E-state index in [-0.39, 0.29) is 30.5 Å². The molecule has 37 heavy (non-hydrogen) atoms. The number of fused-ring (bicyclic) bond motifs is 1. The molecule has 9 nitrogen and oxygen atoms in total. The lowest BCUT2D eigenvalue weighted by Gasteiger charge is -2.29. The van der Waals surface area contributed by atoms with Gasteiger partial charge < -0.3 is 14.0 Å². The first-order chi connectivity index (χ1) is 17.7. The van der Waals surface area contributed by atoms with E-state index < -0.39 is 27.7 Å². The van der Waals surface area contributed by atoms with E-state index in [1.54, 1.807) is 32.2 Å². The van der Waals surface area contributed by atoms with E-state index in [1.807, 2.05) is 4.57 Å². The molecule has 1 fully saturated rings. The number of esters is 1. The Hall–Kier alpha value is -2.93. The molecule has 1 saturated heterocycles. The van der Waals surface area contributed by atoms with E-state index >= 15 is 0 Å². The van der Waals surface area contributed by atoms with Gasteiger partial charge in [-0.1, -0.05) is 11.3 Å². The Balaban J connectivity index is 1.55. The SMILES string of the molecule is CCOC(=O)c1ccc2c(c1)sc(=NC(=O)C1CCN(S(=O)(=O)c3ccc(F)cc3)CC1)n2CCOC. The fourth-order valence-electron chi connectivity index (χ4n) is 4.18. The zero-order chi connectivity index (χ0) is 26.6. The molecule has 4 rings (SSSR count). The van der Waals surface area contributed by atoms with E-state index in [1.165, 1.54) is 27.8 Å². The maximum atomic E-state index is 13.2. The van der Waals surface area contributed by atoms with Crippen LogP contribution >= 0.6 is 11.3 Å². The van der Waals surface area contributed by atoms with Crippen LogP contribution in [0.2, 0.25) is 0 Å². The minimum Gasteiger partial charge on any atom is -0.462 e. The Labute approximate surface area is 218 Å². The molecule has 1 aliphatic heterocycles. The van der Waals surface area contributed by atoms with Crippen molar-refractivity contribution < 1.29 is 31.9 Å². The Bertz CT molecular complexity index is 1460. The molecule has 2 aromatic carbocycles. The second-order valence-corrected chi connectivity index (χ2v) is 11.5. The fourth-order valence-corrected chi connectivity index (χ4v) is 6.75. The smallest absolute Gasteiger partial charge is 0.338 e. The zero-order valence-electron chi connectivity index (χ0n) is 20.6. The third-order valence-corrected chi connectivity index (χ3v) is 9.13. The second-order valence-electron chi connectivity index (χ2n) is 8.51. The highest BCUT2D eigenvalue weighted by Crippen LogP contribution is 2.25. The molecule has 0 saturated carbocycles. The maximum Gasteiger partial charge on any atom is 0.338 e. The van der Waals surface area contributed by atoms with Crippen molar-refractivity contribution in [1.82, 2.24) is 8.87 Å². The van der Waals surface area contributed by atoms with E-state index in [0.29, 0.717) is 36.4 Å². The lowest BCUT2D eigenvalue weighted by atomic mass is 9.98. The predicted octanol–water partition coefficient (Wildman–Crippen LogP) is 3.19. The summed E-state index contributed by atoms with van der Waals surface area (Å²) in [6.45, 7) is 3.23. The summed E-state index contributed by atoms with van der Waals surface area (Å²) in [5.41, 5.74) is 1.24. The van der Waals surface area contributed by atoms with Crippen LogP contribution in [0.15, 0.2) is 52.4 Å². The van der Waals surface area contributed by atoms with Gasteiger partial charge in [0.2, 0.25) is 10.0 Å². The number of carbonyl (C=O) groups is 2. The van der Waals surface area contributed by atoms with Gasteiger partial charge in [-0.25, -0.2) is 17.6 Å². The van der Waals surface area contributed by atoms with Crippen LogP contribution in [0.1, 0.15) is 30.1 Å². The van der Waals surface area contributed by atoms with Gasteiger partial charge in [0.05, 0.1) is 33.9 Å². The fraction of sp³-hybridized carbons (Fsp3) is 0.400. The van der Waals surface area contributed by atoms with Crippen LogP contribution in [0.5, 0.6) is 0 Å². The van der Waals surface area contributed by atoms with E-state index in [4.69, 9.17) is 9.47 Å². The Morgan fingerprint density at radius 2 is 1.84 bits per heavy atom. The number of nitrogens with zero attached hydrogens (tertiary/aromatic N) is 3. The molecule has 198 valence electrons. The summed E-state index contributed by atoms with van der Waals surface area (Å²) in [4.78, 5) is 30.2. The van der Waals surface area contributed by atoms with Crippen molar-refractivity contribution >= 4 is 43.5 Å². The molecule has 0 N–H and O–H groups in total. The van der Waals surface area contributed by atoms with Gasteiger partial charge in [-0.15, -0.1) is 0 Å². The van der Waals surface area contributed by atoms with Gasteiger partial charge in [-0.2, -0.15) is 9.30 Å². The minimum absolute atomic E-state index is 0.0232. The van der Waals surface area contributed by atoms with Crippen molar-refractivity contribution in [3.63, 3.8) is 0 Å². The summed E-state index contributed by atoms with van der Waals surface area (Å²) in [7, 11) is -2.18. The molecule has 0 radical (unpaired) electrons.